The first-order valence-electron chi connectivity index (χ1n) is 15.9. The number of piperidine rings is 2. The summed E-state index contributed by atoms with van der Waals surface area (Å²) in [7, 11) is 0. The zero-order valence-electron chi connectivity index (χ0n) is 24.9. The molecule has 7 nitrogen and oxygen atoms in total. The molecule has 5 aliphatic heterocycles. The molecule has 1 unspecified atom stereocenters. The van der Waals surface area contributed by atoms with Crippen molar-refractivity contribution in [1.29, 1.82) is 0 Å². The van der Waals surface area contributed by atoms with E-state index >= 15 is 5.21 Å². The summed E-state index contributed by atoms with van der Waals surface area (Å²) in [5.41, 5.74) is -1.42. The monoisotopic (exact) mass is 543 g/mol. The van der Waals surface area contributed by atoms with Crippen LogP contribution >= 0.6 is 0 Å². The van der Waals surface area contributed by atoms with Crippen molar-refractivity contribution >= 4 is 11.8 Å². The van der Waals surface area contributed by atoms with Crippen LogP contribution in [-0.4, -0.2) is 59.1 Å². The lowest BCUT2D eigenvalue weighted by Gasteiger charge is -2.71. The van der Waals surface area contributed by atoms with Crippen molar-refractivity contribution in [2.24, 2.45) is 39.9 Å². The van der Waals surface area contributed by atoms with Crippen LogP contribution in [0.15, 0.2) is 0 Å². The van der Waals surface area contributed by atoms with Crippen LogP contribution in [0.1, 0.15) is 106 Å². The summed E-state index contributed by atoms with van der Waals surface area (Å²) in [6, 6.07) is -0.0228. The molecule has 1 spiro atoms. The van der Waals surface area contributed by atoms with Gasteiger partial charge in [0.05, 0.1) is 30.7 Å². The molecular formula is C32H49NO6. The van der Waals surface area contributed by atoms with E-state index in [4.69, 9.17) is 14.2 Å². The predicted molar refractivity (Wildman–Crippen MR) is 145 cm³/mol. The molecule has 0 radical (unpaired) electrons. The highest BCUT2D eigenvalue weighted by molar-refractivity contribution is 5.91. The second-order valence-corrected chi connectivity index (χ2v) is 15.8. The Bertz CT molecular complexity index is 1090. The molecule has 0 aromatic heterocycles. The second-order valence-electron chi connectivity index (χ2n) is 15.8. The number of carbonyl (C=O) groups excluding carboxylic acids is 2. The van der Waals surface area contributed by atoms with Gasteiger partial charge in [-0.2, -0.15) is 0 Å². The largest absolute Gasteiger partial charge is 0.632 e. The zero-order chi connectivity index (χ0) is 27.8. The molecule has 7 aliphatic rings. The van der Waals surface area contributed by atoms with E-state index in [0.717, 1.165) is 64.3 Å². The lowest BCUT2D eigenvalue weighted by molar-refractivity contribution is -0.966. The summed E-state index contributed by atoms with van der Waals surface area (Å²) in [6.07, 6.45) is 8.43. The topological polar surface area (TPSA) is 84.9 Å². The molecule has 2 saturated carbocycles. The van der Waals surface area contributed by atoms with Crippen LogP contribution in [0.3, 0.4) is 0 Å². The van der Waals surface area contributed by atoms with E-state index in [1.165, 1.54) is 6.92 Å². The number of fused-ring (bicyclic) bond motifs is 4. The maximum absolute atomic E-state index is 15.5. The molecule has 0 amide bonds. The molecule has 5 heterocycles. The molecule has 7 bridgehead atoms. The first-order chi connectivity index (χ1) is 18.3. The van der Waals surface area contributed by atoms with Gasteiger partial charge in [0.15, 0.2) is 17.7 Å². The third-order valence-electron chi connectivity index (χ3n) is 14.1. The lowest BCUT2D eigenvalue weighted by atomic mass is 9.42. The number of rotatable bonds is 6. The Morgan fingerprint density at radius 1 is 1.05 bits per heavy atom. The van der Waals surface area contributed by atoms with E-state index < -0.39 is 23.3 Å². The minimum Gasteiger partial charge on any atom is -0.632 e. The summed E-state index contributed by atoms with van der Waals surface area (Å²) >= 11 is 0. The number of quaternary nitrogens is 1. The average Bonchev–Trinajstić information content (AvgIpc) is 3.48. The van der Waals surface area contributed by atoms with Gasteiger partial charge in [-0.1, -0.05) is 20.8 Å². The van der Waals surface area contributed by atoms with Crippen molar-refractivity contribution in [3.05, 3.63) is 5.21 Å². The van der Waals surface area contributed by atoms with Crippen molar-refractivity contribution in [3.63, 3.8) is 0 Å². The molecule has 0 aromatic rings. The van der Waals surface area contributed by atoms with Crippen LogP contribution in [0.5, 0.6) is 0 Å². The Labute approximate surface area is 233 Å². The van der Waals surface area contributed by atoms with Gasteiger partial charge in [-0.05, 0) is 63.7 Å². The standard InChI is InChI=1S/C32H49NO6/c1-19(2)22-10-13-29(5)21-9-15-31-12-7-8-24(31)32(29,26(22)33(31,36)17-21)16-23(38-20(3)34)27(35)28(4)18-37-30(6)14-11-25(28)39-30/h19,21-26H,7-18H2,1-6H3/t21-,22-,23+,24-,25+,26-,28-,29+,30+,31-,32+,33?/m1/s1. The van der Waals surface area contributed by atoms with Gasteiger partial charge >= 0.3 is 5.97 Å². The van der Waals surface area contributed by atoms with E-state index in [9.17, 15) is 9.59 Å². The number of hydrogen-bond donors (Lipinski definition) is 0. The van der Waals surface area contributed by atoms with Gasteiger partial charge in [0.1, 0.15) is 5.54 Å². The van der Waals surface area contributed by atoms with Gasteiger partial charge in [-0.15, -0.1) is 0 Å². The smallest absolute Gasteiger partial charge is 0.303 e. The van der Waals surface area contributed by atoms with E-state index in [0.29, 0.717) is 30.1 Å². The zero-order valence-corrected chi connectivity index (χ0v) is 24.9. The van der Waals surface area contributed by atoms with Crippen molar-refractivity contribution < 1.29 is 28.4 Å². The molecule has 12 atom stereocenters. The number of hydrogen-bond acceptors (Lipinski definition) is 6. The van der Waals surface area contributed by atoms with Gasteiger partial charge in [0.25, 0.3) is 0 Å². The third-order valence-corrected chi connectivity index (χ3v) is 14.1. The SMILES string of the molecule is CC(=O)O[C@@H](C[C@]12[C@H]3[C@@H](C(C)C)CC[C@@]1(C)[C@@H]1CC[C@@]4(CCC[C@@H]24)[N+]3([O-])C1)C(=O)[C@]1(C)CO[C@]2(C)CC[C@@H]1O2. The highest BCUT2D eigenvalue weighted by Gasteiger charge is 2.85. The van der Waals surface area contributed by atoms with Gasteiger partial charge in [-0.25, -0.2) is 0 Å². The van der Waals surface area contributed by atoms with E-state index in [1.807, 2.05) is 13.8 Å². The summed E-state index contributed by atoms with van der Waals surface area (Å²) in [4.78, 5) is 27.3. The van der Waals surface area contributed by atoms with Crippen molar-refractivity contribution in [2.45, 2.75) is 135 Å². The highest BCUT2D eigenvalue weighted by atomic mass is 16.7. The quantitative estimate of drug-likeness (QED) is 0.249. The molecule has 7 fully saturated rings. The highest BCUT2D eigenvalue weighted by Crippen LogP contribution is 2.81. The summed E-state index contributed by atoms with van der Waals surface area (Å²) in [5, 5.41) is 15.5. The number of esters is 1. The Kier molecular flexibility index (Phi) is 5.56. The average molecular weight is 544 g/mol. The van der Waals surface area contributed by atoms with E-state index in [2.05, 4.69) is 20.8 Å². The first kappa shape index (κ1) is 26.9. The molecule has 218 valence electrons. The molecule has 39 heavy (non-hydrogen) atoms. The van der Waals surface area contributed by atoms with Gasteiger partial charge in [-0.3, -0.25) is 9.59 Å². The molecule has 2 aliphatic carbocycles. The Balaban J connectivity index is 1.36. The maximum atomic E-state index is 15.5. The predicted octanol–water partition coefficient (Wildman–Crippen LogP) is 5.53. The molecular weight excluding hydrogens is 494 g/mol. The number of Topliss-reactive ketones (excluding diaryl/α,β-unsaturated/α-hetero) is 1. The van der Waals surface area contributed by atoms with Crippen molar-refractivity contribution in [2.75, 3.05) is 13.2 Å². The minimum absolute atomic E-state index is 0.0203. The summed E-state index contributed by atoms with van der Waals surface area (Å²) in [6.45, 7) is 13.4. The van der Waals surface area contributed by atoms with Crippen LogP contribution in [-0.2, 0) is 23.8 Å². The van der Waals surface area contributed by atoms with Crippen molar-refractivity contribution in [3.8, 4) is 0 Å². The van der Waals surface area contributed by atoms with Crippen LogP contribution in [0.4, 0.5) is 0 Å². The summed E-state index contributed by atoms with van der Waals surface area (Å²) < 4.78 is 18.4. The van der Waals surface area contributed by atoms with Gasteiger partial charge in [0.2, 0.25) is 0 Å². The fourth-order valence-electron chi connectivity index (χ4n) is 12.4. The van der Waals surface area contributed by atoms with Crippen LogP contribution < -0.4 is 0 Å². The number of hydroxylamine groups is 3. The third kappa shape index (κ3) is 3.04. The van der Waals surface area contributed by atoms with Gasteiger partial charge < -0.3 is 24.1 Å². The molecule has 5 saturated heterocycles. The van der Waals surface area contributed by atoms with Crippen LogP contribution in [0.2, 0.25) is 0 Å². The number of nitrogens with zero attached hydrogens (tertiary/aromatic N) is 1. The first-order valence-corrected chi connectivity index (χ1v) is 15.9. The molecule has 7 rings (SSSR count). The normalized spacial score (nSPS) is 55.5. The van der Waals surface area contributed by atoms with Crippen LogP contribution in [0, 0.1) is 45.1 Å². The van der Waals surface area contributed by atoms with Crippen LogP contribution in [0.25, 0.3) is 0 Å². The van der Waals surface area contributed by atoms with Gasteiger partial charge in [0, 0.05) is 55.8 Å². The number of ether oxygens (including phenoxy) is 3. The van der Waals surface area contributed by atoms with E-state index in [-0.39, 0.29) is 45.6 Å². The minimum atomic E-state index is -0.876. The Morgan fingerprint density at radius 3 is 2.54 bits per heavy atom. The molecule has 0 aromatic carbocycles. The Morgan fingerprint density at radius 2 is 1.82 bits per heavy atom. The van der Waals surface area contributed by atoms with E-state index in [1.54, 1.807) is 0 Å². The number of ketones is 1. The lowest BCUT2D eigenvalue weighted by Crippen LogP contribution is -2.75. The fraction of sp³-hybridized carbons (Fsp3) is 0.938. The molecule has 0 N–H and O–H groups in total. The molecule has 7 heteroatoms. The fourth-order valence-corrected chi connectivity index (χ4v) is 12.4. The second kappa shape index (κ2) is 8.08. The number of carbonyl (C=O) groups is 2. The van der Waals surface area contributed by atoms with Crippen molar-refractivity contribution in [1.82, 2.24) is 0 Å². The summed E-state index contributed by atoms with van der Waals surface area (Å²) in [5.74, 6) is 0.295. The Hall–Kier alpha value is -1.02. The maximum Gasteiger partial charge on any atom is 0.303 e.